The molecule has 0 saturated carbocycles. The van der Waals surface area contributed by atoms with Gasteiger partial charge in [0.1, 0.15) is 4.83 Å². The molecular weight excluding hydrogens is 396 g/mol. The zero-order valence-electron chi connectivity index (χ0n) is 15.9. The van der Waals surface area contributed by atoms with Gasteiger partial charge in [0.05, 0.1) is 17.6 Å². The normalized spacial score (nSPS) is 19.7. The van der Waals surface area contributed by atoms with Crippen LogP contribution in [-0.2, 0) is 17.8 Å². The van der Waals surface area contributed by atoms with E-state index in [0.717, 1.165) is 56.9 Å². The van der Waals surface area contributed by atoms with Gasteiger partial charge in [-0.15, -0.1) is 28.1 Å². The second-order valence-electron chi connectivity index (χ2n) is 6.94. The van der Waals surface area contributed by atoms with Crippen molar-refractivity contribution in [1.29, 1.82) is 0 Å². The highest BCUT2D eigenvalue weighted by Crippen LogP contribution is 2.42. The summed E-state index contributed by atoms with van der Waals surface area (Å²) in [5.41, 5.74) is 2.17. The lowest BCUT2D eigenvalue weighted by Crippen LogP contribution is -2.33. The molecule has 3 aromatic heterocycles. The van der Waals surface area contributed by atoms with Gasteiger partial charge in [0.25, 0.3) is 0 Å². The van der Waals surface area contributed by atoms with Crippen LogP contribution < -0.4 is 0 Å². The summed E-state index contributed by atoms with van der Waals surface area (Å²) in [6.45, 7) is 11.1. The van der Waals surface area contributed by atoms with Gasteiger partial charge in [-0.05, 0) is 25.3 Å². The number of hydrogen-bond donors (Lipinski definition) is 0. The second kappa shape index (κ2) is 7.73. The van der Waals surface area contributed by atoms with Crippen molar-refractivity contribution in [2.75, 3.05) is 11.5 Å². The maximum absolute atomic E-state index is 6.16. The average Bonchev–Trinajstić information content (AvgIpc) is 3.25. The molecule has 5 nitrogen and oxygen atoms in total. The summed E-state index contributed by atoms with van der Waals surface area (Å²) in [5, 5.41) is 12.1. The molecule has 27 heavy (non-hydrogen) atoms. The molecule has 0 saturated heterocycles. The number of hydrogen-bond acceptors (Lipinski definition) is 7. The lowest BCUT2D eigenvalue weighted by molar-refractivity contribution is -0.0542. The van der Waals surface area contributed by atoms with Crippen LogP contribution in [0.3, 0.4) is 0 Å². The van der Waals surface area contributed by atoms with Gasteiger partial charge >= 0.3 is 0 Å². The largest absolute Gasteiger partial charge is 0.369 e. The Hall–Kier alpha value is -1.09. The molecule has 3 aromatic rings. The third kappa shape index (κ3) is 3.41. The van der Waals surface area contributed by atoms with Crippen molar-refractivity contribution in [2.24, 2.45) is 0 Å². The predicted octanol–water partition coefficient (Wildman–Crippen LogP) is 5.36. The third-order valence-corrected chi connectivity index (χ3v) is 8.10. The van der Waals surface area contributed by atoms with E-state index in [2.05, 4.69) is 41.9 Å². The van der Waals surface area contributed by atoms with Crippen LogP contribution in [0.4, 0.5) is 0 Å². The summed E-state index contributed by atoms with van der Waals surface area (Å²) in [7, 11) is 0. The number of rotatable bonds is 7. The summed E-state index contributed by atoms with van der Waals surface area (Å²) >= 11 is 5.18. The lowest BCUT2D eigenvalue weighted by Gasteiger charge is -2.33. The van der Waals surface area contributed by atoms with E-state index in [1.807, 2.05) is 6.08 Å². The van der Waals surface area contributed by atoms with E-state index in [1.165, 1.54) is 10.4 Å². The fourth-order valence-corrected chi connectivity index (χ4v) is 5.99. The number of thiophene rings is 1. The van der Waals surface area contributed by atoms with E-state index < -0.39 is 0 Å². The molecule has 0 fully saturated rings. The number of thioether (sulfide) groups is 2. The van der Waals surface area contributed by atoms with Gasteiger partial charge in [0, 0.05) is 22.8 Å². The molecule has 0 amide bonds. The summed E-state index contributed by atoms with van der Waals surface area (Å²) in [6.07, 6.45) is 4.89. The minimum Gasteiger partial charge on any atom is -0.369 e. The molecule has 0 bridgehead atoms. The van der Waals surface area contributed by atoms with Gasteiger partial charge in [-0.25, -0.2) is 9.38 Å². The van der Waals surface area contributed by atoms with Crippen molar-refractivity contribution in [3.8, 4) is 0 Å². The third-order valence-electron chi connectivity index (χ3n) is 4.93. The Morgan fingerprint density at radius 2 is 2.15 bits per heavy atom. The molecule has 0 radical (unpaired) electrons. The van der Waals surface area contributed by atoms with Gasteiger partial charge in [-0.2, -0.15) is 0 Å². The first-order chi connectivity index (χ1) is 13.1. The highest BCUT2D eigenvalue weighted by atomic mass is 32.2. The average molecular weight is 421 g/mol. The molecule has 1 aliphatic rings. The molecule has 1 atom stereocenters. The van der Waals surface area contributed by atoms with E-state index in [4.69, 9.17) is 9.72 Å². The zero-order valence-corrected chi connectivity index (χ0v) is 18.4. The van der Waals surface area contributed by atoms with Crippen LogP contribution in [0.15, 0.2) is 23.0 Å². The first-order valence-electron chi connectivity index (χ1n) is 9.30. The monoisotopic (exact) mass is 420 g/mol. The Labute approximate surface area is 172 Å². The Morgan fingerprint density at radius 1 is 1.30 bits per heavy atom. The molecule has 0 N–H and O–H groups in total. The number of aromatic nitrogens is 4. The van der Waals surface area contributed by atoms with Gasteiger partial charge < -0.3 is 4.74 Å². The van der Waals surface area contributed by atoms with Crippen LogP contribution >= 0.6 is 34.9 Å². The maximum Gasteiger partial charge on any atom is 0.198 e. The van der Waals surface area contributed by atoms with Crippen molar-refractivity contribution in [2.45, 2.75) is 62.6 Å². The quantitative estimate of drug-likeness (QED) is 0.291. The summed E-state index contributed by atoms with van der Waals surface area (Å²) in [4.78, 5) is 7.37. The minimum absolute atomic E-state index is 0.117. The Kier molecular flexibility index (Phi) is 5.51. The molecule has 0 aromatic carbocycles. The Balaban J connectivity index is 1.93. The van der Waals surface area contributed by atoms with Crippen LogP contribution in [0, 0.1) is 0 Å². The number of nitrogens with zero attached hydrogens (tertiary/aromatic N) is 4. The van der Waals surface area contributed by atoms with Crippen LogP contribution in [0.25, 0.3) is 15.9 Å². The summed E-state index contributed by atoms with van der Waals surface area (Å²) in [6, 6.07) is 0. The first kappa shape index (κ1) is 19.2. The van der Waals surface area contributed by atoms with E-state index in [1.54, 1.807) is 34.9 Å². The number of ether oxygens (including phenoxy) is 1. The van der Waals surface area contributed by atoms with Gasteiger partial charge in [-0.3, -0.25) is 0 Å². The fraction of sp³-hybridized carbons (Fsp3) is 0.526. The molecule has 0 aliphatic carbocycles. The minimum atomic E-state index is -0.117. The van der Waals surface area contributed by atoms with Crippen molar-refractivity contribution in [3.63, 3.8) is 0 Å². The summed E-state index contributed by atoms with van der Waals surface area (Å²) in [5.74, 6) is 1.83. The van der Waals surface area contributed by atoms with Crippen molar-refractivity contribution >= 4 is 50.7 Å². The molecular formula is C19H24N4OS3. The Bertz CT molecular complexity index is 996. The van der Waals surface area contributed by atoms with Crippen molar-refractivity contribution in [1.82, 2.24) is 19.6 Å². The highest BCUT2D eigenvalue weighted by molar-refractivity contribution is 7.99. The topological polar surface area (TPSA) is 52.3 Å². The molecule has 0 spiro atoms. The molecule has 144 valence electrons. The van der Waals surface area contributed by atoms with E-state index in [-0.39, 0.29) is 5.60 Å². The van der Waals surface area contributed by atoms with E-state index in [0.29, 0.717) is 6.61 Å². The van der Waals surface area contributed by atoms with E-state index in [9.17, 15) is 0 Å². The van der Waals surface area contributed by atoms with Crippen LogP contribution in [-0.4, -0.2) is 36.7 Å². The van der Waals surface area contributed by atoms with Gasteiger partial charge in [0.15, 0.2) is 16.0 Å². The van der Waals surface area contributed by atoms with Crippen molar-refractivity contribution in [3.05, 3.63) is 23.1 Å². The second-order valence-corrected chi connectivity index (χ2v) is 10.1. The van der Waals surface area contributed by atoms with Gasteiger partial charge in [0.2, 0.25) is 0 Å². The van der Waals surface area contributed by atoms with Gasteiger partial charge in [-0.1, -0.05) is 43.4 Å². The van der Waals surface area contributed by atoms with E-state index >= 15 is 0 Å². The molecule has 4 heterocycles. The lowest BCUT2D eigenvalue weighted by atomic mass is 9.90. The molecule has 8 heteroatoms. The Morgan fingerprint density at radius 3 is 2.89 bits per heavy atom. The molecule has 4 rings (SSSR count). The van der Waals surface area contributed by atoms with Crippen molar-refractivity contribution < 1.29 is 4.74 Å². The highest BCUT2D eigenvalue weighted by Gasteiger charge is 2.33. The summed E-state index contributed by atoms with van der Waals surface area (Å²) < 4.78 is 8.30. The maximum atomic E-state index is 6.16. The number of fused-ring (bicyclic) bond motifs is 5. The SMILES string of the molecule is C=CCSc1nnc2c3c4c(sc3nc(SCCC)n12)COC(C)(CC)C4. The molecule has 1 unspecified atom stereocenters. The van der Waals surface area contributed by atoms with Crippen LogP contribution in [0.5, 0.6) is 0 Å². The van der Waals surface area contributed by atoms with Crippen LogP contribution in [0.1, 0.15) is 44.1 Å². The van der Waals surface area contributed by atoms with Crippen LogP contribution in [0.2, 0.25) is 0 Å². The molecule has 1 aliphatic heterocycles. The predicted molar refractivity (Wildman–Crippen MR) is 115 cm³/mol. The first-order valence-corrected chi connectivity index (χ1v) is 12.1. The smallest absolute Gasteiger partial charge is 0.198 e. The fourth-order valence-electron chi connectivity index (χ4n) is 3.26. The standard InChI is InChI=1S/C19H24N4OS3/c1-5-8-25-17-20-16-14(15-21-22-18(23(15)17)26-9-6-2)12-10-19(4,7-3)24-11-13(12)27-16/h6H,2,5,7-11H2,1,3-4H3. The zero-order chi connectivity index (χ0) is 19.0.